The molecule has 0 spiro atoms. The van der Waals surface area contributed by atoms with Gasteiger partial charge in [-0.3, -0.25) is 0 Å². The number of hydrogen-bond donors (Lipinski definition) is 1. The maximum Gasteiger partial charge on any atom is 0.298 e. The molecule has 8 nitrogen and oxygen atoms in total. The predicted molar refractivity (Wildman–Crippen MR) is 131 cm³/mol. The number of piperidine rings is 1. The van der Waals surface area contributed by atoms with Gasteiger partial charge >= 0.3 is 0 Å². The molecule has 3 aromatic rings. The zero-order valence-electron chi connectivity index (χ0n) is 19.5. The van der Waals surface area contributed by atoms with Crippen LogP contribution in [0.4, 0.5) is 6.01 Å². The Balaban J connectivity index is 1.69. The van der Waals surface area contributed by atoms with E-state index in [-0.39, 0.29) is 12.6 Å². The Morgan fingerprint density at radius 2 is 1.82 bits per heavy atom. The van der Waals surface area contributed by atoms with Gasteiger partial charge in [0.25, 0.3) is 6.01 Å². The number of rotatable bonds is 10. The summed E-state index contributed by atoms with van der Waals surface area (Å²) in [5.41, 5.74) is 2.35. The highest BCUT2D eigenvalue weighted by Crippen LogP contribution is 2.37. The lowest BCUT2D eigenvalue weighted by atomic mass is 10.0. The molecule has 1 aromatic heterocycles. The third-order valence-electron chi connectivity index (χ3n) is 5.66. The highest BCUT2D eigenvalue weighted by Gasteiger charge is 2.26. The zero-order chi connectivity index (χ0) is 23.9. The fraction of sp³-hybridized carbons (Fsp3) is 0.440. The number of fused-ring (bicyclic) bond motifs is 1. The molecule has 0 aliphatic carbocycles. The van der Waals surface area contributed by atoms with Crippen molar-refractivity contribution in [3.05, 3.63) is 40.9 Å². The second-order valence-corrected chi connectivity index (χ2v) is 8.33. The number of nitrogens with one attached hydrogen (secondary N) is 1. The Morgan fingerprint density at radius 1 is 1.12 bits per heavy atom. The van der Waals surface area contributed by atoms with Gasteiger partial charge in [0.15, 0.2) is 12.2 Å². The number of halogens is 1. The molecule has 0 amide bonds. The van der Waals surface area contributed by atoms with Crippen molar-refractivity contribution in [2.24, 2.45) is 0 Å². The quantitative estimate of drug-likeness (QED) is 0.432. The molecule has 0 saturated carbocycles. The predicted octanol–water partition coefficient (Wildman–Crippen LogP) is 4.94. The Bertz CT molecular complexity index is 1130. The number of oxazole rings is 1. The van der Waals surface area contributed by atoms with Crippen molar-refractivity contribution in [1.29, 1.82) is 5.26 Å². The summed E-state index contributed by atoms with van der Waals surface area (Å²) in [5.74, 6) is 1.79. The molecule has 1 saturated heterocycles. The molecule has 180 valence electrons. The topological polar surface area (TPSA) is 92.8 Å². The summed E-state index contributed by atoms with van der Waals surface area (Å²) in [6.07, 6.45) is 1.94. The maximum atomic E-state index is 8.78. The van der Waals surface area contributed by atoms with Crippen LogP contribution in [0.15, 0.2) is 34.7 Å². The van der Waals surface area contributed by atoms with Gasteiger partial charge in [0.2, 0.25) is 0 Å². The molecule has 34 heavy (non-hydrogen) atoms. The average Bonchev–Trinajstić information content (AvgIpc) is 3.28. The Labute approximate surface area is 204 Å². The van der Waals surface area contributed by atoms with Crippen molar-refractivity contribution in [3.63, 3.8) is 0 Å². The molecule has 9 heteroatoms. The van der Waals surface area contributed by atoms with E-state index in [9.17, 15) is 0 Å². The van der Waals surface area contributed by atoms with E-state index in [1.807, 2.05) is 38.1 Å². The molecule has 4 rings (SSSR count). The first-order valence-corrected chi connectivity index (χ1v) is 12.0. The number of hydrogen-bond acceptors (Lipinski definition) is 8. The largest absolute Gasteiger partial charge is 0.492 e. The number of anilines is 1. The fourth-order valence-corrected chi connectivity index (χ4v) is 4.35. The zero-order valence-corrected chi connectivity index (χ0v) is 20.2. The minimum atomic E-state index is -0.0156. The Kier molecular flexibility index (Phi) is 7.99. The monoisotopic (exact) mass is 484 g/mol. The van der Waals surface area contributed by atoms with E-state index in [0.717, 1.165) is 31.5 Å². The second-order valence-electron chi connectivity index (χ2n) is 7.95. The molecule has 1 N–H and O–H groups in total. The van der Waals surface area contributed by atoms with E-state index >= 15 is 0 Å². The van der Waals surface area contributed by atoms with E-state index in [1.165, 1.54) is 0 Å². The summed E-state index contributed by atoms with van der Waals surface area (Å²) in [6, 6.07) is 12.1. The first kappa shape index (κ1) is 24.0. The molecular weight excluding hydrogens is 456 g/mol. The van der Waals surface area contributed by atoms with E-state index in [4.69, 9.17) is 40.5 Å². The summed E-state index contributed by atoms with van der Waals surface area (Å²) >= 11 is 6.51. The minimum Gasteiger partial charge on any atom is -0.492 e. The van der Waals surface area contributed by atoms with Gasteiger partial charge in [0.05, 0.1) is 13.2 Å². The highest BCUT2D eigenvalue weighted by molar-refractivity contribution is 6.33. The van der Waals surface area contributed by atoms with Crippen molar-refractivity contribution in [3.8, 4) is 23.3 Å². The van der Waals surface area contributed by atoms with Crippen LogP contribution in [0.25, 0.3) is 11.1 Å². The van der Waals surface area contributed by atoms with Crippen LogP contribution in [0.3, 0.4) is 0 Å². The second kappa shape index (κ2) is 11.3. The molecule has 0 bridgehead atoms. The van der Waals surface area contributed by atoms with E-state index in [0.29, 0.717) is 59.1 Å². The molecule has 0 unspecified atom stereocenters. The molecule has 1 fully saturated rings. The van der Waals surface area contributed by atoms with E-state index in [1.54, 1.807) is 12.1 Å². The maximum absolute atomic E-state index is 8.78. The Morgan fingerprint density at radius 3 is 2.47 bits per heavy atom. The molecule has 1 aliphatic heterocycles. The van der Waals surface area contributed by atoms with Gasteiger partial charge in [-0.15, -0.1) is 0 Å². The lowest BCUT2D eigenvalue weighted by molar-refractivity contribution is 0.322. The van der Waals surface area contributed by atoms with Crippen LogP contribution in [-0.4, -0.2) is 43.9 Å². The minimum absolute atomic E-state index is 0.0156. The molecule has 2 heterocycles. The number of nitriles is 1. The SMILES string of the molecule is CCOc1cc(CN(c2nc3cc(OCC#N)ccc3o2)C2CCNCC2)cc(OCC)c1Cl. The summed E-state index contributed by atoms with van der Waals surface area (Å²) in [4.78, 5) is 6.98. The van der Waals surface area contributed by atoms with E-state index in [2.05, 4.69) is 10.2 Å². The highest BCUT2D eigenvalue weighted by atomic mass is 35.5. The lowest BCUT2D eigenvalue weighted by Gasteiger charge is -2.33. The number of nitrogens with zero attached hydrogens (tertiary/aromatic N) is 3. The molecular formula is C25H29ClN4O4. The third-order valence-corrected chi connectivity index (χ3v) is 6.04. The van der Waals surface area contributed by atoms with Gasteiger partial charge in [-0.1, -0.05) is 11.6 Å². The number of aromatic nitrogens is 1. The van der Waals surface area contributed by atoms with Crippen LogP contribution >= 0.6 is 11.6 Å². The van der Waals surface area contributed by atoms with Crippen molar-refractivity contribution < 1.29 is 18.6 Å². The van der Waals surface area contributed by atoms with Crippen molar-refractivity contribution in [2.75, 3.05) is 37.8 Å². The molecule has 0 atom stereocenters. The first-order chi connectivity index (χ1) is 16.6. The molecule has 1 aliphatic rings. The summed E-state index contributed by atoms with van der Waals surface area (Å²) in [6.45, 7) is 7.29. The fourth-order valence-electron chi connectivity index (χ4n) is 4.13. The smallest absolute Gasteiger partial charge is 0.298 e. The number of ether oxygens (including phenoxy) is 3. The van der Waals surface area contributed by atoms with E-state index < -0.39 is 0 Å². The van der Waals surface area contributed by atoms with Gasteiger partial charge in [-0.2, -0.15) is 10.2 Å². The van der Waals surface area contributed by atoms with Crippen molar-refractivity contribution >= 4 is 28.7 Å². The lowest BCUT2D eigenvalue weighted by Crippen LogP contribution is -2.43. The first-order valence-electron chi connectivity index (χ1n) is 11.6. The van der Waals surface area contributed by atoms with Crippen molar-refractivity contribution in [2.45, 2.75) is 39.3 Å². The van der Waals surface area contributed by atoms with Crippen molar-refractivity contribution in [1.82, 2.24) is 10.3 Å². The summed E-state index contributed by atoms with van der Waals surface area (Å²) in [7, 11) is 0. The van der Waals surface area contributed by atoms with Gasteiger partial charge in [-0.25, -0.2) is 0 Å². The summed E-state index contributed by atoms with van der Waals surface area (Å²) in [5, 5.41) is 12.7. The number of benzene rings is 2. The normalized spacial score (nSPS) is 14.1. The molecule has 2 aromatic carbocycles. The van der Waals surface area contributed by atoms with Crippen LogP contribution in [0.2, 0.25) is 5.02 Å². The van der Waals surface area contributed by atoms with Crippen LogP contribution in [0.1, 0.15) is 32.3 Å². The average molecular weight is 485 g/mol. The summed E-state index contributed by atoms with van der Waals surface area (Å²) < 4.78 is 23.2. The Hall–Kier alpha value is -3.15. The van der Waals surface area contributed by atoms with Crippen LogP contribution < -0.4 is 24.4 Å². The van der Waals surface area contributed by atoms with Gasteiger partial charge < -0.3 is 28.8 Å². The third kappa shape index (κ3) is 5.49. The standard InChI is InChI=1S/C25H29ClN4O4/c1-3-31-22-13-17(14-23(24(22)26)32-4-2)16-30(18-7-10-28-11-8-18)25-29-20-15-19(33-12-9-27)5-6-21(20)34-25/h5-6,13-15,18,28H,3-4,7-8,10-12,16H2,1-2H3. The van der Waals surface area contributed by atoms with Gasteiger partial charge in [0, 0.05) is 18.7 Å². The van der Waals surface area contributed by atoms with Crippen LogP contribution in [0.5, 0.6) is 17.2 Å². The van der Waals surface area contributed by atoms with Gasteiger partial charge in [0.1, 0.15) is 33.9 Å². The van der Waals surface area contributed by atoms with Crippen LogP contribution in [0, 0.1) is 11.3 Å². The van der Waals surface area contributed by atoms with Crippen LogP contribution in [-0.2, 0) is 6.54 Å². The molecule has 0 radical (unpaired) electrons. The van der Waals surface area contributed by atoms with Gasteiger partial charge in [-0.05, 0) is 69.6 Å².